The average Bonchev–Trinajstić information content (AvgIpc) is 2.86. The van der Waals surface area contributed by atoms with Crippen molar-refractivity contribution < 1.29 is 9.21 Å². The topological polar surface area (TPSA) is 59.5 Å². The molecular weight excluding hydrogens is 320 g/mol. The smallest absolute Gasteiger partial charge is 0.289 e. The molecule has 0 unspecified atom stereocenters. The van der Waals surface area contributed by atoms with Crippen molar-refractivity contribution in [3.8, 4) is 0 Å². The number of nitrogens with zero attached hydrogens (tertiary/aromatic N) is 1. The zero-order valence-corrected chi connectivity index (χ0v) is 12.9. The number of benzene rings is 1. The van der Waals surface area contributed by atoms with E-state index in [1.54, 1.807) is 17.0 Å². The van der Waals surface area contributed by atoms with Gasteiger partial charge in [0.05, 0.1) is 0 Å². The molecule has 0 fully saturated rings. The van der Waals surface area contributed by atoms with Gasteiger partial charge in [-0.1, -0.05) is 19.1 Å². The van der Waals surface area contributed by atoms with Crippen LogP contribution in [0.5, 0.6) is 0 Å². The van der Waals surface area contributed by atoms with E-state index in [-0.39, 0.29) is 5.91 Å². The highest BCUT2D eigenvalue weighted by molar-refractivity contribution is 9.10. The molecule has 20 heavy (non-hydrogen) atoms. The molecule has 2 aromatic rings. The average molecular weight is 337 g/mol. The molecule has 2 rings (SSSR count). The molecule has 0 saturated carbocycles. The van der Waals surface area contributed by atoms with Gasteiger partial charge in [-0.15, -0.1) is 0 Å². The zero-order chi connectivity index (χ0) is 14.5. The lowest BCUT2D eigenvalue weighted by atomic mass is 10.2. The Labute approximate surface area is 126 Å². The van der Waals surface area contributed by atoms with E-state index in [2.05, 4.69) is 15.9 Å². The van der Waals surface area contributed by atoms with Gasteiger partial charge in [-0.2, -0.15) is 0 Å². The second-order valence-corrected chi connectivity index (χ2v) is 5.35. The van der Waals surface area contributed by atoms with E-state index >= 15 is 0 Å². The van der Waals surface area contributed by atoms with Gasteiger partial charge < -0.3 is 15.1 Å². The first-order valence-electron chi connectivity index (χ1n) is 6.49. The van der Waals surface area contributed by atoms with Crippen molar-refractivity contribution in [2.45, 2.75) is 19.9 Å². The minimum atomic E-state index is -0.102. The van der Waals surface area contributed by atoms with Crippen LogP contribution in [0.2, 0.25) is 0 Å². The molecule has 0 atom stereocenters. The van der Waals surface area contributed by atoms with E-state index in [4.69, 9.17) is 10.2 Å². The second-order valence-electron chi connectivity index (χ2n) is 4.57. The monoisotopic (exact) mass is 336 g/mol. The van der Waals surface area contributed by atoms with E-state index in [0.29, 0.717) is 23.5 Å². The van der Waals surface area contributed by atoms with Crippen molar-refractivity contribution in [1.82, 2.24) is 4.90 Å². The summed E-state index contributed by atoms with van der Waals surface area (Å²) in [4.78, 5) is 14.2. The van der Waals surface area contributed by atoms with Gasteiger partial charge in [-0.25, -0.2) is 0 Å². The third-order valence-corrected chi connectivity index (χ3v) is 3.34. The molecule has 0 saturated heterocycles. The summed E-state index contributed by atoms with van der Waals surface area (Å²) in [5.41, 5.74) is 7.44. The molecule has 0 spiro atoms. The number of anilines is 1. The highest BCUT2D eigenvalue weighted by Gasteiger charge is 2.18. The molecule has 1 heterocycles. The number of furan rings is 1. The van der Waals surface area contributed by atoms with Gasteiger partial charge in [0.15, 0.2) is 10.4 Å². The van der Waals surface area contributed by atoms with E-state index < -0.39 is 0 Å². The number of rotatable bonds is 5. The maximum atomic E-state index is 12.4. The molecule has 0 aliphatic heterocycles. The van der Waals surface area contributed by atoms with E-state index in [0.717, 1.165) is 17.7 Å². The Morgan fingerprint density at radius 1 is 1.25 bits per heavy atom. The van der Waals surface area contributed by atoms with Crippen molar-refractivity contribution in [3.05, 3.63) is 52.4 Å². The first-order valence-corrected chi connectivity index (χ1v) is 7.28. The molecule has 1 aromatic carbocycles. The van der Waals surface area contributed by atoms with Crippen LogP contribution in [0.25, 0.3) is 0 Å². The van der Waals surface area contributed by atoms with E-state index in [9.17, 15) is 4.79 Å². The first-order chi connectivity index (χ1) is 9.60. The normalized spacial score (nSPS) is 10.5. The largest absolute Gasteiger partial charge is 0.444 e. The lowest BCUT2D eigenvalue weighted by Crippen LogP contribution is -2.31. The predicted molar refractivity (Wildman–Crippen MR) is 82.3 cm³/mol. The lowest BCUT2D eigenvalue weighted by molar-refractivity contribution is 0.0709. The fourth-order valence-electron chi connectivity index (χ4n) is 1.95. The maximum Gasteiger partial charge on any atom is 0.289 e. The van der Waals surface area contributed by atoms with Crippen LogP contribution in [-0.4, -0.2) is 17.4 Å². The molecule has 1 aromatic heterocycles. The highest BCUT2D eigenvalue weighted by Crippen LogP contribution is 2.17. The number of hydrogen-bond donors (Lipinski definition) is 1. The highest BCUT2D eigenvalue weighted by atomic mass is 79.9. The van der Waals surface area contributed by atoms with Crippen LogP contribution in [0, 0.1) is 0 Å². The minimum Gasteiger partial charge on any atom is -0.444 e. The summed E-state index contributed by atoms with van der Waals surface area (Å²) in [6.45, 7) is 3.27. The van der Waals surface area contributed by atoms with Gasteiger partial charge in [-0.05, 0) is 52.2 Å². The number of halogens is 1. The van der Waals surface area contributed by atoms with Gasteiger partial charge >= 0.3 is 0 Å². The summed E-state index contributed by atoms with van der Waals surface area (Å²) < 4.78 is 5.89. The van der Waals surface area contributed by atoms with Crippen molar-refractivity contribution in [2.24, 2.45) is 0 Å². The van der Waals surface area contributed by atoms with E-state index in [1.807, 2.05) is 31.2 Å². The lowest BCUT2D eigenvalue weighted by Gasteiger charge is -2.21. The maximum absolute atomic E-state index is 12.4. The molecule has 5 heteroatoms. The molecule has 0 aliphatic rings. The summed E-state index contributed by atoms with van der Waals surface area (Å²) in [5, 5.41) is 0. The summed E-state index contributed by atoms with van der Waals surface area (Å²) in [6, 6.07) is 11.0. The minimum absolute atomic E-state index is 0.102. The molecule has 1 amide bonds. The second kappa shape index (κ2) is 6.61. The van der Waals surface area contributed by atoms with Crippen LogP contribution in [-0.2, 0) is 6.54 Å². The Bertz CT molecular complexity index is 578. The summed E-state index contributed by atoms with van der Waals surface area (Å²) in [6.07, 6.45) is 0.891. The quantitative estimate of drug-likeness (QED) is 0.847. The Hall–Kier alpha value is -1.75. The van der Waals surface area contributed by atoms with Gasteiger partial charge in [0.1, 0.15) is 0 Å². The number of nitrogens with two attached hydrogens (primary N) is 1. The Kier molecular flexibility index (Phi) is 4.84. The van der Waals surface area contributed by atoms with E-state index in [1.165, 1.54) is 0 Å². The van der Waals surface area contributed by atoms with Gasteiger partial charge in [0.2, 0.25) is 0 Å². The predicted octanol–water partition coefficient (Wildman–Crippen LogP) is 3.68. The summed E-state index contributed by atoms with van der Waals surface area (Å²) in [5.74, 6) is 0.246. The molecule has 2 N–H and O–H groups in total. The number of carbonyl (C=O) groups excluding carboxylic acids is 1. The van der Waals surface area contributed by atoms with Crippen molar-refractivity contribution in [1.29, 1.82) is 0 Å². The summed E-state index contributed by atoms with van der Waals surface area (Å²) >= 11 is 3.21. The van der Waals surface area contributed by atoms with Crippen LogP contribution in [0.15, 0.2) is 45.5 Å². The summed E-state index contributed by atoms with van der Waals surface area (Å²) in [7, 11) is 0. The Balaban J connectivity index is 2.14. The SMILES string of the molecule is CCCN(Cc1ccc(N)cc1)C(=O)c1ccc(Br)o1. The molecule has 0 bridgehead atoms. The van der Waals surface area contributed by atoms with Gasteiger partial charge in [0, 0.05) is 18.8 Å². The van der Waals surface area contributed by atoms with Gasteiger partial charge in [0.25, 0.3) is 5.91 Å². The number of amides is 1. The van der Waals surface area contributed by atoms with Crippen molar-refractivity contribution >= 4 is 27.5 Å². The fraction of sp³-hybridized carbons (Fsp3) is 0.267. The van der Waals surface area contributed by atoms with Crippen LogP contribution >= 0.6 is 15.9 Å². The Morgan fingerprint density at radius 3 is 2.50 bits per heavy atom. The Morgan fingerprint density at radius 2 is 1.95 bits per heavy atom. The number of nitrogen functional groups attached to an aromatic ring is 1. The number of carbonyl (C=O) groups is 1. The molecule has 0 aliphatic carbocycles. The van der Waals surface area contributed by atoms with Crippen LogP contribution in [0.4, 0.5) is 5.69 Å². The third-order valence-electron chi connectivity index (χ3n) is 2.92. The van der Waals surface area contributed by atoms with Gasteiger partial charge in [-0.3, -0.25) is 4.79 Å². The third kappa shape index (κ3) is 3.63. The molecule has 4 nitrogen and oxygen atoms in total. The van der Waals surface area contributed by atoms with Crippen molar-refractivity contribution in [3.63, 3.8) is 0 Å². The fourth-order valence-corrected chi connectivity index (χ4v) is 2.26. The van der Waals surface area contributed by atoms with Crippen LogP contribution < -0.4 is 5.73 Å². The van der Waals surface area contributed by atoms with Crippen LogP contribution in [0.3, 0.4) is 0 Å². The number of hydrogen-bond acceptors (Lipinski definition) is 3. The zero-order valence-electron chi connectivity index (χ0n) is 11.3. The first kappa shape index (κ1) is 14.7. The molecule has 0 radical (unpaired) electrons. The molecule has 106 valence electrons. The van der Waals surface area contributed by atoms with Crippen molar-refractivity contribution in [2.75, 3.05) is 12.3 Å². The standard InChI is InChI=1S/C15H17BrN2O2/c1-2-9-18(10-11-3-5-12(17)6-4-11)15(19)13-7-8-14(16)20-13/h3-8H,2,9-10,17H2,1H3. The molecular formula is C15H17BrN2O2. The van der Waals surface area contributed by atoms with Crippen LogP contribution in [0.1, 0.15) is 29.5 Å².